The van der Waals surface area contributed by atoms with E-state index >= 15 is 0 Å². The summed E-state index contributed by atoms with van der Waals surface area (Å²) >= 11 is 1.71. The lowest BCUT2D eigenvalue weighted by Crippen LogP contribution is -2.35. The Morgan fingerprint density at radius 2 is 2.00 bits per heavy atom. The maximum atomic E-state index is 5.89. The zero-order valence-corrected chi connectivity index (χ0v) is 15.3. The van der Waals surface area contributed by atoms with E-state index in [4.69, 9.17) is 9.15 Å². The fourth-order valence-electron chi connectivity index (χ4n) is 3.13. The van der Waals surface area contributed by atoms with Gasteiger partial charge in [-0.1, -0.05) is 12.1 Å². The summed E-state index contributed by atoms with van der Waals surface area (Å²) in [7, 11) is 0. The summed E-state index contributed by atoms with van der Waals surface area (Å²) in [6.07, 6.45) is 3.31. The number of rotatable bonds is 4. The lowest BCUT2D eigenvalue weighted by atomic mass is 10.2. The van der Waals surface area contributed by atoms with Gasteiger partial charge in [-0.05, 0) is 24.3 Å². The van der Waals surface area contributed by atoms with Crippen molar-refractivity contribution in [3.05, 3.63) is 47.6 Å². The number of ether oxygens (including phenoxy) is 1. The number of hydrogen-bond acceptors (Lipinski definition) is 8. The number of hydrogen-bond donors (Lipinski definition) is 1. The minimum atomic E-state index is 0.553. The van der Waals surface area contributed by atoms with Crippen LogP contribution in [0.15, 0.2) is 52.2 Å². The number of furan rings is 1. The van der Waals surface area contributed by atoms with E-state index in [2.05, 4.69) is 37.5 Å². The van der Waals surface area contributed by atoms with E-state index in [1.165, 1.54) is 11.3 Å². The normalized spacial score (nSPS) is 15.2. The molecule has 4 heterocycles. The molecule has 8 heteroatoms. The van der Waals surface area contributed by atoms with Crippen molar-refractivity contribution >= 4 is 50.4 Å². The number of morpholine rings is 1. The topological polar surface area (TPSA) is 75.8 Å². The number of anilines is 2. The van der Waals surface area contributed by atoms with Gasteiger partial charge in [-0.25, -0.2) is 9.97 Å². The Morgan fingerprint density at radius 1 is 1.11 bits per heavy atom. The van der Waals surface area contributed by atoms with Gasteiger partial charge in [0.05, 0.1) is 24.4 Å². The van der Waals surface area contributed by atoms with Crippen LogP contribution in [0.5, 0.6) is 0 Å². The number of para-hydroxylation sites is 1. The van der Waals surface area contributed by atoms with Gasteiger partial charge in [-0.15, -0.1) is 11.3 Å². The number of fused-ring (bicyclic) bond motifs is 3. The summed E-state index contributed by atoms with van der Waals surface area (Å²) in [5.41, 5.74) is 5.16. The summed E-state index contributed by atoms with van der Waals surface area (Å²) in [4.78, 5) is 12.0. The molecule has 0 radical (unpaired) electrons. The molecule has 1 aliphatic heterocycles. The van der Waals surface area contributed by atoms with Gasteiger partial charge in [0, 0.05) is 23.4 Å². The van der Waals surface area contributed by atoms with E-state index in [0.29, 0.717) is 11.4 Å². The molecule has 0 spiro atoms. The maximum Gasteiger partial charge on any atom is 0.197 e. The molecule has 0 aliphatic carbocycles. The van der Waals surface area contributed by atoms with Gasteiger partial charge in [0.2, 0.25) is 0 Å². The Balaban J connectivity index is 1.36. The molecule has 3 aromatic heterocycles. The van der Waals surface area contributed by atoms with Crippen LogP contribution in [0.4, 0.5) is 10.8 Å². The fraction of sp³-hybridized carbons (Fsp3) is 0.211. The second-order valence-corrected chi connectivity index (χ2v) is 7.24. The van der Waals surface area contributed by atoms with Crippen LogP contribution in [0.1, 0.15) is 4.88 Å². The molecule has 0 unspecified atom stereocenters. The average Bonchev–Trinajstić information content (AvgIpc) is 3.34. The Bertz CT molecular complexity index is 1110. The molecule has 0 atom stereocenters. The van der Waals surface area contributed by atoms with Crippen LogP contribution in [0, 0.1) is 0 Å². The molecular weight excluding hydrogens is 362 g/mol. The molecule has 27 heavy (non-hydrogen) atoms. The molecule has 1 saturated heterocycles. The first kappa shape index (κ1) is 16.2. The predicted octanol–water partition coefficient (Wildman–Crippen LogP) is 3.72. The Hall–Kier alpha value is -2.97. The quantitative estimate of drug-likeness (QED) is 0.430. The van der Waals surface area contributed by atoms with E-state index < -0.39 is 0 Å². The van der Waals surface area contributed by atoms with E-state index in [1.807, 2.05) is 24.3 Å². The first-order chi connectivity index (χ1) is 13.4. The van der Waals surface area contributed by atoms with Crippen LogP contribution in [0.3, 0.4) is 0 Å². The predicted molar refractivity (Wildman–Crippen MR) is 108 cm³/mol. The Morgan fingerprint density at radius 3 is 2.93 bits per heavy atom. The smallest absolute Gasteiger partial charge is 0.197 e. The van der Waals surface area contributed by atoms with Crippen LogP contribution in [0.2, 0.25) is 0 Å². The number of thiophene rings is 1. The zero-order chi connectivity index (χ0) is 18.1. The van der Waals surface area contributed by atoms with Crippen molar-refractivity contribution in [2.24, 2.45) is 5.10 Å². The van der Waals surface area contributed by atoms with Gasteiger partial charge < -0.3 is 14.1 Å². The van der Waals surface area contributed by atoms with Gasteiger partial charge in [0.1, 0.15) is 17.4 Å². The second-order valence-electron chi connectivity index (χ2n) is 6.14. The fourth-order valence-corrected chi connectivity index (χ4v) is 4.06. The highest BCUT2D eigenvalue weighted by Gasteiger charge is 2.13. The van der Waals surface area contributed by atoms with Crippen molar-refractivity contribution in [3.8, 4) is 0 Å². The molecule has 7 nitrogen and oxygen atoms in total. The van der Waals surface area contributed by atoms with Crippen molar-refractivity contribution in [1.82, 2.24) is 9.97 Å². The number of hydrazone groups is 1. The SMILES string of the molecule is C(=N/Nc1ncnc2c1oc1ccccc12)/c1ccc(N2CCOCC2)s1. The highest BCUT2D eigenvalue weighted by Crippen LogP contribution is 2.30. The Labute approximate surface area is 159 Å². The molecule has 1 N–H and O–H groups in total. The van der Waals surface area contributed by atoms with Crippen molar-refractivity contribution in [2.45, 2.75) is 0 Å². The monoisotopic (exact) mass is 379 g/mol. The van der Waals surface area contributed by atoms with Gasteiger partial charge in [-0.2, -0.15) is 5.10 Å². The van der Waals surface area contributed by atoms with Gasteiger partial charge >= 0.3 is 0 Å². The molecule has 0 saturated carbocycles. The minimum Gasteiger partial charge on any atom is -0.450 e. The van der Waals surface area contributed by atoms with Crippen LogP contribution in [-0.2, 0) is 4.74 Å². The van der Waals surface area contributed by atoms with Crippen molar-refractivity contribution in [1.29, 1.82) is 0 Å². The summed E-state index contributed by atoms with van der Waals surface area (Å²) in [6, 6.07) is 12.0. The molecule has 136 valence electrons. The standard InChI is InChI=1S/C19H17N5O2S/c1-2-4-15-14(3-1)17-18(26-15)19(21-12-20-17)23-22-11-13-5-6-16(27-13)24-7-9-25-10-8-24/h1-6,11-12H,7-10H2,(H,20,21,23)/b22-11-. The van der Waals surface area contributed by atoms with Crippen LogP contribution in [0.25, 0.3) is 22.1 Å². The summed E-state index contributed by atoms with van der Waals surface area (Å²) in [5.74, 6) is 0.553. The number of nitrogens with zero attached hydrogens (tertiary/aromatic N) is 4. The molecule has 4 aromatic rings. The van der Waals surface area contributed by atoms with E-state index in [0.717, 1.165) is 47.7 Å². The molecule has 1 aliphatic rings. The molecule has 0 bridgehead atoms. The third-order valence-electron chi connectivity index (χ3n) is 4.46. The third kappa shape index (κ3) is 3.13. The highest BCUT2D eigenvalue weighted by molar-refractivity contribution is 7.17. The second kappa shape index (κ2) is 6.98. The van der Waals surface area contributed by atoms with Crippen molar-refractivity contribution < 1.29 is 9.15 Å². The van der Waals surface area contributed by atoms with E-state index in [9.17, 15) is 0 Å². The largest absolute Gasteiger partial charge is 0.450 e. The van der Waals surface area contributed by atoms with Crippen LogP contribution < -0.4 is 10.3 Å². The number of aromatic nitrogens is 2. The molecular formula is C19H17N5O2S. The van der Waals surface area contributed by atoms with Crippen molar-refractivity contribution in [3.63, 3.8) is 0 Å². The average molecular weight is 379 g/mol. The molecule has 1 aromatic carbocycles. The summed E-state index contributed by atoms with van der Waals surface area (Å²) in [6.45, 7) is 3.43. The maximum absolute atomic E-state index is 5.89. The first-order valence-corrected chi connectivity index (χ1v) is 9.54. The Kier molecular flexibility index (Phi) is 4.19. The third-order valence-corrected chi connectivity index (χ3v) is 5.54. The lowest BCUT2D eigenvalue weighted by Gasteiger charge is -2.27. The van der Waals surface area contributed by atoms with Gasteiger partial charge in [-0.3, -0.25) is 5.43 Å². The van der Waals surface area contributed by atoms with E-state index in [1.54, 1.807) is 17.6 Å². The summed E-state index contributed by atoms with van der Waals surface area (Å²) in [5, 5.41) is 6.54. The number of nitrogens with one attached hydrogen (secondary N) is 1. The van der Waals surface area contributed by atoms with Crippen molar-refractivity contribution in [2.75, 3.05) is 36.6 Å². The summed E-state index contributed by atoms with van der Waals surface area (Å²) < 4.78 is 11.3. The number of benzene rings is 1. The molecule has 1 fully saturated rings. The van der Waals surface area contributed by atoms with Gasteiger partial charge in [0.15, 0.2) is 11.4 Å². The highest BCUT2D eigenvalue weighted by atomic mass is 32.1. The lowest BCUT2D eigenvalue weighted by molar-refractivity contribution is 0.123. The molecule has 0 amide bonds. The minimum absolute atomic E-state index is 0.553. The van der Waals surface area contributed by atoms with Gasteiger partial charge in [0.25, 0.3) is 0 Å². The van der Waals surface area contributed by atoms with E-state index in [-0.39, 0.29) is 0 Å². The zero-order valence-electron chi connectivity index (χ0n) is 14.5. The first-order valence-electron chi connectivity index (χ1n) is 8.72. The van der Waals surface area contributed by atoms with Crippen LogP contribution >= 0.6 is 11.3 Å². The van der Waals surface area contributed by atoms with Crippen LogP contribution in [-0.4, -0.2) is 42.5 Å². The molecule has 5 rings (SSSR count).